The van der Waals surface area contributed by atoms with Gasteiger partial charge in [-0.05, 0) is 37.1 Å². The highest BCUT2D eigenvalue weighted by molar-refractivity contribution is 7.71. The Kier molecular flexibility index (Phi) is 3.24. The van der Waals surface area contributed by atoms with E-state index in [1.165, 1.54) is 0 Å². The maximum Gasteiger partial charge on any atom is 0.122 e. The quantitative estimate of drug-likeness (QED) is 0.825. The Labute approximate surface area is 105 Å². The van der Waals surface area contributed by atoms with Crippen molar-refractivity contribution in [1.82, 2.24) is 10.2 Å². The maximum absolute atomic E-state index is 5.21. The molecular formula is C13H14N2OS. The SMILES string of the molecule is COc1cccc(-c2n[nH]c(=S)c(C)c2C)c1. The van der Waals surface area contributed by atoms with Crippen molar-refractivity contribution >= 4 is 12.2 Å². The Morgan fingerprint density at radius 2 is 2.00 bits per heavy atom. The lowest BCUT2D eigenvalue weighted by Gasteiger charge is -2.08. The molecule has 0 radical (unpaired) electrons. The van der Waals surface area contributed by atoms with E-state index in [1.807, 2.05) is 38.1 Å². The minimum absolute atomic E-state index is 0.689. The molecule has 0 atom stereocenters. The summed E-state index contributed by atoms with van der Waals surface area (Å²) in [7, 11) is 1.66. The molecule has 17 heavy (non-hydrogen) atoms. The molecule has 0 aliphatic heterocycles. The van der Waals surface area contributed by atoms with Crippen molar-refractivity contribution < 1.29 is 4.74 Å². The Bertz CT molecular complexity index is 605. The normalized spacial score (nSPS) is 10.3. The molecule has 1 N–H and O–H groups in total. The number of aromatic nitrogens is 2. The number of rotatable bonds is 2. The number of aromatic amines is 1. The molecule has 0 fully saturated rings. The van der Waals surface area contributed by atoms with Gasteiger partial charge < -0.3 is 4.74 Å². The zero-order valence-electron chi connectivity index (χ0n) is 10.1. The second-order valence-electron chi connectivity index (χ2n) is 3.88. The van der Waals surface area contributed by atoms with Gasteiger partial charge in [-0.2, -0.15) is 5.10 Å². The molecule has 4 heteroatoms. The van der Waals surface area contributed by atoms with Gasteiger partial charge in [-0.1, -0.05) is 24.4 Å². The maximum atomic E-state index is 5.21. The van der Waals surface area contributed by atoms with E-state index in [1.54, 1.807) is 7.11 Å². The zero-order chi connectivity index (χ0) is 12.4. The second-order valence-corrected chi connectivity index (χ2v) is 4.29. The molecule has 0 aliphatic carbocycles. The largest absolute Gasteiger partial charge is 0.497 e. The van der Waals surface area contributed by atoms with Crippen LogP contribution in [-0.4, -0.2) is 17.3 Å². The summed E-state index contributed by atoms with van der Waals surface area (Å²) in [6.07, 6.45) is 0. The van der Waals surface area contributed by atoms with Gasteiger partial charge in [0.25, 0.3) is 0 Å². The van der Waals surface area contributed by atoms with Crippen molar-refractivity contribution in [1.29, 1.82) is 0 Å². The van der Waals surface area contributed by atoms with Gasteiger partial charge in [0, 0.05) is 5.56 Å². The smallest absolute Gasteiger partial charge is 0.122 e. The third-order valence-electron chi connectivity index (χ3n) is 2.87. The number of benzene rings is 1. The number of nitrogens with zero attached hydrogens (tertiary/aromatic N) is 1. The monoisotopic (exact) mass is 246 g/mol. The third kappa shape index (κ3) is 2.22. The van der Waals surface area contributed by atoms with Crippen molar-refractivity contribution in [3.05, 3.63) is 40.0 Å². The second kappa shape index (κ2) is 4.67. The van der Waals surface area contributed by atoms with Gasteiger partial charge in [-0.3, -0.25) is 5.10 Å². The summed E-state index contributed by atoms with van der Waals surface area (Å²) in [5.74, 6) is 0.823. The third-order valence-corrected chi connectivity index (χ3v) is 3.27. The lowest BCUT2D eigenvalue weighted by atomic mass is 10.0. The lowest BCUT2D eigenvalue weighted by molar-refractivity contribution is 0.415. The summed E-state index contributed by atoms with van der Waals surface area (Å²) in [4.78, 5) is 0. The van der Waals surface area contributed by atoms with E-state index in [4.69, 9.17) is 17.0 Å². The van der Waals surface area contributed by atoms with Gasteiger partial charge in [0.2, 0.25) is 0 Å². The lowest BCUT2D eigenvalue weighted by Crippen LogP contribution is -1.96. The predicted octanol–water partition coefficient (Wildman–Crippen LogP) is 3.43. The van der Waals surface area contributed by atoms with Crippen LogP contribution in [0.1, 0.15) is 11.1 Å². The van der Waals surface area contributed by atoms with Crippen molar-refractivity contribution in [3.8, 4) is 17.0 Å². The minimum Gasteiger partial charge on any atom is -0.497 e. The van der Waals surface area contributed by atoms with Crippen LogP contribution < -0.4 is 4.74 Å². The fourth-order valence-corrected chi connectivity index (χ4v) is 1.87. The number of hydrogen-bond donors (Lipinski definition) is 1. The Morgan fingerprint density at radius 3 is 2.71 bits per heavy atom. The molecule has 3 nitrogen and oxygen atoms in total. The number of ether oxygens (including phenoxy) is 1. The first-order chi connectivity index (χ1) is 8.13. The first kappa shape index (κ1) is 11.8. The van der Waals surface area contributed by atoms with Crippen LogP contribution in [0.25, 0.3) is 11.3 Å². The van der Waals surface area contributed by atoms with Crippen LogP contribution in [0.15, 0.2) is 24.3 Å². The summed E-state index contributed by atoms with van der Waals surface area (Å²) >= 11 is 5.16. The van der Waals surface area contributed by atoms with Crippen LogP contribution in [0.4, 0.5) is 0 Å². The number of H-pyrrole nitrogens is 1. The van der Waals surface area contributed by atoms with E-state index in [2.05, 4.69) is 10.2 Å². The Hall–Kier alpha value is -1.68. The summed E-state index contributed by atoms with van der Waals surface area (Å²) in [6, 6.07) is 7.84. The summed E-state index contributed by atoms with van der Waals surface area (Å²) < 4.78 is 5.90. The number of nitrogens with one attached hydrogen (secondary N) is 1. The van der Waals surface area contributed by atoms with E-state index < -0.39 is 0 Å². The summed E-state index contributed by atoms with van der Waals surface area (Å²) in [5.41, 5.74) is 4.10. The highest BCUT2D eigenvalue weighted by Crippen LogP contribution is 2.25. The van der Waals surface area contributed by atoms with Crippen LogP contribution in [0.3, 0.4) is 0 Å². The van der Waals surface area contributed by atoms with Crippen LogP contribution in [-0.2, 0) is 0 Å². The fraction of sp³-hybridized carbons (Fsp3) is 0.231. The molecule has 0 saturated carbocycles. The molecule has 0 bridgehead atoms. The Balaban J connectivity index is 2.60. The first-order valence-corrected chi connectivity index (χ1v) is 5.74. The molecule has 1 aromatic heterocycles. The van der Waals surface area contributed by atoms with Crippen LogP contribution >= 0.6 is 12.2 Å². The molecule has 0 unspecified atom stereocenters. The minimum atomic E-state index is 0.689. The zero-order valence-corrected chi connectivity index (χ0v) is 10.9. The highest BCUT2D eigenvalue weighted by Gasteiger charge is 2.07. The average Bonchev–Trinajstić information content (AvgIpc) is 2.36. The number of hydrogen-bond acceptors (Lipinski definition) is 3. The van der Waals surface area contributed by atoms with Crippen LogP contribution in [0.5, 0.6) is 5.75 Å². The molecule has 2 aromatic rings. The molecule has 0 aliphatic rings. The van der Waals surface area contributed by atoms with E-state index >= 15 is 0 Å². The first-order valence-electron chi connectivity index (χ1n) is 5.34. The van der Waals surface area contributed by atoms with Gasteiger partial charge in [0.1, 0.15) is 10.4 Å². The van der Waals surface area contributed by atoms with E-state index in [-0.39, 0.29) is 0 Å². The topological polar surface area (TPSA) is 37.9 Å². The fourth-order valence-electron chi connectivity index (χ4n) is 1.67. The molecule has 0 amide bonds. The van der Waals surface area contributed by atoms with Gasteiger partial charge in [-0.25, -0.2) is 0 Å². The molecule has 2 rings (SSSR count). The van der Waals surface area contributed by atoms with Crippen molar-refractivity contribution in [2.45, 2.75) is 13.8 Å². The van der Waals surface area contributed by atoms with Gasteiger partial charge in [0.15, 0.2) is 0 Å². The van der Waals surface area contributed by atoms with Crippen molar-refractivity contribution in [2.75, 3.05) is 7.11 Å². The predicted molar refractivity (Wildman–Crippen MR) is 70.9 cm³/mol. The van der Waals surface area contributed by atoms with E-state index in [0.29, 0.717) is 4.64 Å². The highest BCUT2D eigenvalue weighted by atomic mass is 32.1. The summed E-state index contributed by atoms with van der Waals surface area (Å²) in [6.45, 7) is 4.03. The average molecular weight is 246 g/mol. The van der Waals surface area contributed by atoms with Gasteiger partial charge >= 0.3 is 0 Å². The van der Waals surface area contributed by atoms with Gasteiger partial charge in [-0.15, -0.1) is 0 Å². The molecule has 1 aromatic carbocycles. The number of methoxy groups -OCH3 is 1. The summed E-state index contributed by atoms with van der Waals surface area (Å²) in [5, 5.41) is 7.17. The molecule has 88 valence electrons. The molecular weight excluding hydrogens is 232 g/mol. The van der Waals surface area contributed by atoms with E-state index in [9.17, 15) is 0 Å². The van der Waals surface area contributed by atoms with Crippen molar-refractivity contribution in [3.63, 3.8) is 0 Å². The van der Waals surface area contributed by atoms with Crippen molar-refractivity contribution in [2.24, 2.45) is 0 Å². The molecule has 1 heterocycles. The Morgan fingerprint density at radius 1 is 1.24 bits per heavy atom. The van der Waals surface area contributed by atoms with Crippen LogP contribution in [0.2, 0.25) is 0 Å². The van der Waals surface area contributed by atoms with Crippen LogP contribution in [0, 0.1) is 18.5 Å². The molecule has 0 spiro atoms. The standard InChI is InChI=1S/C13H14N2OS/c1-8-9(2)13(17)15-14-12(8)10-5-4-6-11(7-10)16-3/h4-7H,1-3H3,(H,15,17). The van der Waals surface area contributed by atoms with E-state index in [0.717, 1.165) is 28.1 Å². The van der Waals surface area contributed by atoms with Gasteiger partial charge in [0.05, 0.1) is 12.8 Å². The molecule has 0 saturated heterocycles.